The van der Waals surface area contributed by atoms with Gasteiger partial charge in [-0.25, -0.2) is 0 Å². The number of benzene rings is 1. The first-order valence-electron chi connectivity index (χ1n) is 7.44. The van der Waals surface area contributed by atoms with Crippen LogP contribution in [0.5, 0.6) is 0 Å². The van der Waals surface area contributed by atoms with Gasteiger partial charge in [0.2, 0.25) is 5.91 Å². The summed E-state index contributed by atoms with van der Waals surface area (Å²) < 4.78 is 4.81. The van der Waals surface area contributed by atoms with E-state index in [-0.39, 0.29) is 23.8 Å². The SMILES string of the molecule is COC(=O)[C@@H]1CC[C@H](C)N(C(=O)Cc2ccc(C)cc2)C1. The maximum Gasteiger partial charge on any atom is 0.310 e. The fourth-order valence-electron chi connectivity index (χ4n) is 2.80. The van der Waals surface area contributed by atoms with Crippen LogP contribution in [0.1, 0.15) is 30.9 Å². The van der Waals surface area contributed by atoms with E-state index in [0.29, 0.717) is 13.0 Å². The first kappa shape index (κ1) is 15.5. The Morgan fingerprint density at radius 1 is 1.24 bits per heavy atom. The van der Waals surface area contributed by atoms with Crippen molar-refractivity contribution in [1.82, 2.24) is 4.90 Å². The zero-order chi connectivity index (χ0) is 15.4. The number of hydrogen-bond acceptors (Lipinski definition) is 3. The number of rotatable bonds is 3. The Bertz CT molecular complexity index is 509. The van der Waals surface area contributed by atoms with Crippen molar-refractivity contribution < 1.29 is 14.3 Å². The third-order valence-electron chi connectivity index (χ3n) is 4.21. The van der Waals surface area contributed by atoms with Gasteiger partial charge in [0.05, 0.1) is 19.4 Å². The van der Waals surface area contributed by atoms with E-state index in [0.717, 1.165) is 18.4 Å². The van der Waals surface area contributed by atoms with Gasteiger partial charge in [0.1, 0.15) is 0 Å². The standard InChI is InChI=1S/C17H23NO3/c1-12-4-7-14(8-5-12)10-16(19)18-11-15(17(20)21-3)9-6-13(18)2/h4-5,7-8,13,15H,6,9-11H2,1-3H3/t13-,15+/m0/s1. The average molecular weight is 289 g/mol. The molecule has 0 radical (unpaired) electrons. The third kappa shape index (κ3) is 3.84. The first-order valence-corrected chi connectivity index (χ1v) is 7.44. The zero-order valence-electron chi connectivity index (χ0n) is 13.0. The number of methoxy groups -OCH3 is 1. The Morgan fingerprint density at radius 3 is 2.52 bits per heavy atom. The first-order chi connectivity index (χ1) is 10.0. The van der Waals surface area contributed by atoms with Crippen LogP contribution in [0.15, 0.2) is 24.3 Å². The number of likely N-dealkylation sites (tertiary alicyclic amines) is 1. The van der Waals surface area contributed by atoms with Crippen LogP contribution < -0.4 is 0 Å². The Kier molecular flexibility index (Phi) is 4.99. The highest BCUT2D eigenvalue weighted by atomic mass is 16.5. The second kappa shape index (κ2) is 6.74. The summed E-state index contributed by atoms with van der Waals surface area (Å²) in [6, 6.07) is 8.18. The molecule has 1 amide bonds. The van der Waals surface area contributed by atoms with Crippen LogP contribution >= 0.6 is 0 Å². The summed E-state index contributed by atoms with van der Waals surface area (Å²) in [5.41, 5.74) is 2.20. The summed E-state index contributed by atoms with van der Waals surface area (Å²) in [6.45, 7) is 4.54. The summed E-state index contributed by atoms with van der Waals surface area (Å²) in [5.74, 6) is -0.317. The lowest BCUT2D eigenvalue weighted by Gasteiger charge is -2.37. The number of amides is 1. The molecule has 0 spiro atoms. The van der Waals surface area contributed by atoms with Crippen molar-refractivity contribution in [3.8, 4) is 0 Å². The molecule has 0 aromatic heterocycles. The largest absolute Gasteiger partial charge is 0.469 e. The fraction of sp³-hybridized carbons (Fsp3) is 0.529. The maximum absolute atomic E-state index is 12.5. The van der Waals surface area contributed by atoms with Gasteiger partial charge < -0.3 is 9.64 Å². The van der Waals surface area contributed by atoms with Crippen LogP contribution in [0.2, 0.25) is 0 Å². The highest BCUT2D eigenvalue weighted by Gasteiger charge is 2.32. The molecule has 1 saturated heterocycles. The Hall–Kier alpha value is -1.84. The van der Waals surface area contributed by atoms with Crippen LogP contribution in [0.4, 0.5) is 0 Å². The summed E-state index contributed by atoms with van der Waals surface area (Å²) in [7, 11) is 1.40. The molecule has 1 aliphatic heterocycles. The summed E-state index contributed by atoms with van der Waals surface area (Å²) in [6.07, 6.45) is 2.03. The molecule has 21 heavy (non-hydrogen) atoms. The predicted molar refractivity (Wildman–Crippen MR) is 80.8 cm³/mol. The second-order valence-electron chi connectivity index (χ2n) is 5.85. The molecular formula is C17H23NO3. The van der Waals surface area contributed by atoms with Crippen molar-refractivity contribution in [1.29, 1.82) is 0 Å². The van der Waals surface area contributed by atoms with Crippen LogP contribution in [0.25, 0.3) is 0 Å². The van der Waals surface area contributed by atoms with Gasteiger partial charge in [-0.05, 0) is 32.3 Å². The lowest BCUT2D eigenvalue weighted by atomic mass is 9.93. The number of piperidine rings is 1. The summed E-state index contributed by atoms with van der Waals surface area (Å²) >= 11 is 0. The van der Waals surface area contributed by atoms with E-state index < -0.39 is 0 Å². The number of nitrogens with zero attached hydrogens (tertiary/aromatic N) is 1. The van der Waals surface area contributed by atoms with Gasteiger partial charge >= 0.3 is 5.97 Å². The molecule has 0 unspecified atom stereocenters. The molecule has 0 N–H and O–H groups in total. The number of carbonyl (C=O) groups excluding carboxylic acids is 2. The number of ether oxygens (including phenoxy) is 1. The van der Waals surface area contributed by atoms with Crippen LogP contribution in [-0.4, -0.2) is 36.5 Å². The summed E-state index contributed by atoms with van der Waals surface area (Å²) in [5, 5.41) is 0. The fourth-order valence-corrected chi connectivity index (χ4v) is 2.80. The second-order valence-corrected chi connectivity index (χ2v) is 5.85. The molecule has 1 heterocycles. The molecule has 0 aliphatic carbocycles. The third-order valence-corrected chi connectivity index (χ3v) is 4.21. The van der Waals surface area contributed by atoms with E-state index >= 15 is 0 Å². The molecule has 1 aromatic rings. The molecule has 4 heteroatoms. The molecule has 1 aliphatic rings. The minimum atomic E-state index is -0.213. The molecule has 4 nitrogen and oxygen atoms in total. The van der Waals surface area contributed by atoms with Crippen molar-refractivity contribution in [3.05, 3.63) is 35.4 Å². The van der Waals surface area contributed by atoms with Crippen molar-refractivity contribution in [2.24, 2.45) is 5.92 Å². The van der Waals surface area contributed by atoms with E-state index in [9.17, 15) is 9.59 Å². The zero-order valence-corrected chi connectivity index (χ0v) is 13.0. The van der Waals surface area contributed by atoms with Crippen LogP contribution in [0.3, 0.4) is 0 Å². The maximum atomic E-state index is 12.5. The van der Waals surface area contributed by atoms with E-state index in [4.69, 9.17) is 4.74 Å². The predicted octanol–water partition coefficient (Wildman–Crippen LogP) is 2.34. The Balaban J connectivity index is 2.02. The highest BCUT2D eigenvalue weighted by molar-refractivity contribution is 5.80. The number of aryl methyl sites for hydroxylation is 1. The smallest absolute Gasteiger partial charge is 0.310 e. The van der Waals surface area contributed by atoms with Crippen molar-refractivity contribution in [2.75, 3.05) is 13.7 Å². The van der Waals surface area contributed by atoms with Crippen molar-refractivity contribution in [2.45, 2.75) is 39.2 Å². The molecule has 2 atom stereocenters. The van der Waals surface area contributed by atoms with Gasteiger partial charge in [-0.1, -0.05) is 29.8 Å². The van der Waals surface area contributed by atoms with Gasteiger partial charge in [-0.3, -0.25) is 9.59 Å². The molecule has 1 aromatic carbocycles. The molecule has 0 saturated carbocycles. The topological polar surface area (TPSA) is 46.6 Å². The lowest BCUT2D eigenvalue weighted by molar-refractivity contribution is -0.150. The van der Waals surface area contributed by atoms with E-state index in [1.165, 1.54) is 12.7 Å². The molecular weight excluding hydrogens is 266 g/mol. The number of carbonyl (C=O) groups is 2. The van der Waals surface area contributed by atoms with Gasteiger partial charge in [0.15, 0.2) is 0 Å². The van der Waals surface area contributed by atoms with Gasteiger partial charge in [0.25, 0.3) is 0 Å². The van der Waals surface area contributed by atoms with Gasteiger partial charge in [-0.2, -0.15) is 0 Å². The van der Waals surface area contributed by atoms with Crippen LogP contribution in [-0.2, 0) is 20.7 Å². The minimum Gasteiger partial charge on any atom is -0.469 e. The van der Waals surface area contributed by atoms with Gasteiger partial charge in [0, 0.05) is 12.6 Å². The molecule has 0 bridgehead atoms. The van der Waals surface area contributed by atoms with Gasteiger partial charge in [-0.15, -0.1) is 0 Å². The summed E-state index contributed by atoms with van der Waals surface area (Å²) in [4.78, 5) is 26.0. The lowest BCUT2D eigenvalue weighted by Crippen LogP contribution is -2.48. The molecule has 1 fully saturated rings. The Labute approximate surface area is 126 Å². The Morgan fingerprint density at radius 2 is 1.90 bits per heavy atom. The highest BCUT2D eigenvalue weighted by Crippen LogP contribution is 2.23. The van der Waals surface area contributed by atoms with Crippen LogP contribution in [0, 0.1) is 12.8 Å². The van der Waals surface area contributed by atoms with E-state index in [1.807, 2.05) is 43.0 Å². The minimum absolute atomic E-state index is 0.0833. The quantitative estimate of drug-likeness (QED) is 0.802. The normalized spacial score (nSPS) is 22.0. The van der Waals surface area contributed by atoms with E-state index in [2.05, 4.69) is 0 Å². The number of hydrogen-bond donors (Lipinski definition) is 0. The van der Waals surface area contributed by atoms with Crippen molar-refractivity contribution in [3.63, 3.8) is 0 Å². The van der Waals surface area contributed by atoms with Crippen molar-refractivity contribution >= 4 is 11.9 Å². The number of esters is 1. The van der Waals surface area contributed by atoms with E-state index in [1.54, 1.807) is 0 Å². The average Bonchev–Trinajstić information content (AvgIpc) is 2.49. The molecule has 114 valence electrons. The molecule has 2 rings (SSSR count). The monoisotopic (exact) mass is 289 g/mol.